The molecule has 33 heavy (non-hydrogen) atoms. The van der Waals surface area contributed by atoms with Gasteiger partial charge in [0.25, 0.3) is 15.9 Å². The maximum Gasteiger partial charge on any atom is 0.338 e. The molecule has 1 atom stereocenters. The number of nitrogens with zero attached hydrogens (tertiary/aromatic N) is 1. The van der Waals surface area contributed by atoms with Crippen LogP contribution in [0.15, 0.2) is 57.9 Å². The molecule has 3 rings (SSSR count). The van der Waals surface area contributed by atoms with Crippen molar-refractivity contribution >= 4 is 33.4 Å². The van der Waals surface area contributed by atoms with Gasteiger partial charge in [-0.25, -0.2) is 13.2 Å². The number of rotatable bonds is 8. The Hall–Kier alpha value is -3.86. The number of amides is 1. The molecular formula is C22H23N3O7S. The van der Waals surface area contributed by atoms with Crippen LogP contribution in [0.1, 0.15) is 28.6 Å². The summed E-state index contributed by atoms with van der Waals surface area (Å²) >= 11 is 0. The first-order valence-corrected chi connectivity index (χ1v) is 11.3. The molecule has 174 valence electrons. The van der Waals surface area contributed by atoms with E-state index in [0.717, 1.165) is 11.6 Å². The summed E-state index contributed by atoms with van der Waals surface area (Å²) in [5.74, 6) is -0.789. The predicted octanol–water partition coefficient (Wildman–Crippen LogP) is 3.28. The fourth-order valence-electron chi connectivity index (χ4n) is 2.78. The Labute approximate surface area is 190 Å². The summed E-state index contributed by atoms with van der Waals surface area (Å²) in [5.41, 5.74) is 1.25. The Kier molecular flexibility index (Phi) is 7.02. The van der Waals surface area contributed by atoms with E-state index in [-0.39, 0.29) is 22.0 Å². The lowest BCUT2D eigenvalue weighted by atomic mass is 10.2. The van der Waals surface area contributed by atoms with Gasteiger partial charge in [0.1, 0.15) is 16.4 Å². The topological polar surface area (TPSA) is 137 Å². The van der Waals surface area contributed by atoms with E-state index in [4.69, 9.17) is 14.0 Å². The maximum atomic E-state index is 13.0. The number of ether oxygens (including phenoxy) is 2. The van der Waals surface area contributed by atoms with Crippen LogP contribution in [0, 0.1) is 13.8 Å². The first kappa shape index (κ1) is 23.8. The molecule has 0 fully saturated rings. The van der Waals surface area contributed by atoms with Crippen LogP contribution in [0.2, 0.25) is 0 Å². The Balaban J connectivity index is 1.78. The number of anilines is 2. The van der Waals surface area contributed by atoms with E-state index in [1.807, 2.05) is 6.92 Å². The van der Waals surface area contributed by atoms with Gasteiger partial charge in [-0.05, 0) is 51.1 Å². The molecule has 0 aliphatic carbocycles. The van der Waals surface area contributed by atoms with Gasteiger partial charge in [-0.2, -0.15) is 0 Å². The van der Waals surface area contributed by atoms with Gasteiger partial charge in [-0.3, -0.25) is 9.52 Å². The maximum absolute atomic E-state index is 13.0. The van der Waals surface area contributed by atoms with Crippen molar-refractivity contribution in [1.82, 2.24) is 5.16 Å². The summed E-state index contributed by atoms with van der Waals surface area (Å²) in [7, 11) is -2.77. The third-order valence-corrected chi connectivity index (χ3v) is 5.93. The highest BCUT2D eigenvalue weighted by molar-refractivity contribution is 7.92. The Morgan fingerprint density at radius 2 is 1.76 bits per heavy atom. The second-order valence-electron chi connectivity index (χ2n) is 7.20. The van der Waals surface area contributed by atoms with Crippen molar-refractivity contribution in [1.29, 1.82) is 0 Å². The van der Waals surface area contributed by atoms with E-state index in [2.05, 4.69) is 15.2 Å². The molecule has 0 spiro atoms. The lowest BCUT2D eigenvalue weighted by Gasteiger charge is -2.15. The number of hydrogen-bond acceptors (Lipinski definition) is 8. The zero-order chi connectivity index (χ0) is 24.2. The fraction of sp³-hybridized carbons (Fsp3) is 0.227. The molecule has 1 heterocycles. The summed E-state index contributed by atoms with van der Waals surface area (Å²) in [4.78, 5) is 24.6. The van der Waals surface area contributed by atoms with Crippen molar-refractivity contribution in [2.45, 2.75) is 31.8 Å². The number of hydrogen-bond donors (Lipinski definition) is 2. The van der Waals surface area contributed by atoms with Gasteiger partial charge in [0.15, 0.2) is 11.9 Å². The molecule has 0 bridgehead atoms. The summed E-state index contributed by atoms with van der Waals surface area (Å²) in [5, 5.41) is 6.09. The summed E-state index contributed by atoms with van der Waals surface area (Å²) in [6, 6.07) is 12.1. The van der Waals surface area contributed by atoms with Crippen LogP contribution in [0.4, 0.5) is 11.5 Å². The largest absolute Gasteiger partial charge is 0.495 e. The van der Waals surface area contributed by atoms with Gasteiger partial charge < -0.3 is 19.3 Å². The Morgan fingerprint density at radius 3 is 2.36 bits per heavy atom. The number of methoxy groups -OCH3 is 1. The lowest BCUT2D eigenvalue weighted by molar-refractivity contribution is -0.123. The van der Waals surface area contributed by atoms with E-state index >= 15 is 0 Å². The standard InChI is InChI=1S/C22H23N3O7S/c1-13-5-8-17(9-6-13)25-33(28,29)19-12-16(7-10-18(19)30-4)22(27)31-15(3)21(26)23-20-11-14(2)32-24-20/h5-12,15,25H,1-4H3,(H,23,24,26). The van der Waals surface area contributed by atoms with Crippen LogP contribution in [0.3, 0.4) is 0 Å². The third-order valence-electron chi connectivity index (χ3n) is 4.52. The highest BCUT2D eigenvalue weighted by Gasteiger charge is 2.25. The molecule has 3 aromatic rings. The quantitative estimate of drug-likeness (QED) is 0.476. The molecule has 0 saturated heterocycles. The van der Waals surface area contributed by atoms with E-state index in [1.165, 1.54) is 32.2 Å². The molecule has 1 amide bonds. The first-order valence-electron chi connectivity index (χ1n) is 9.82. The van der Waals surface area contributed by atoms with Crippen molar-refractivity contribution in [2.75, 3.05) is 17.1 Å². The van der Waals surface area contributed by atoms with Crippen LogP contribution in [-0.2, 0) is 19.6 Å². The van der Waals surface area contributed by atoms with Gasteiger partial charge in [0, 0.05) is 11.8 Å². The number of carbonyl (C=O) groups is 2. The fourth-order valence-corrected chi connectivity index (χ4v) is 4.04. The molecule has 0 radical (unpaired) electrons. The zero-order valence-electron chi connectivity index (χ0n) is 18.4. The second-order valence-corrected chi connectivity index (χ2v) is 8.85. The van der Waals surface area contributed by atoms with E-state index in [0.29, 0.717) is 11.4 Å². The van der Waals surface area contributed by atoms with Gasteiger partial charge >= 0.3 is 5.97 Å². The van der Waals surface area contributed by atoms with Crippen LogP contribution < -0.4 is 14.8 Å². The smallest absolute Gasteiger partial charge is 0.338 e. The molecule has 1 unspecified atom stereocenters. The molecule has 0 aliphatic rings. The SMILES string of the molecule is COc1ccc(C(=O)OC(C)C(=O)Nc2cc(C)on2)cc1S(=O)(=O)Nc1ccc(C)cc1. The van der Waals surface area contributed by atoms with Gasteiger partial charge in [-0.1, -0.05) is 22.9 Å². The summed E-state index contributed by atoms with van der Waals surface area (Å²) < 4.78 is 43.6. The number of benzene rings is 2. The second kappa shape index (κ2) is 9.74. The molecule has 2 aromatic carbocycles. The predicted molar refractivity (Wildman–Crippen MR) is 120 cm³/mol. The molecule has 0 aliphatic heterocycles. The minimum Gasteiger partial charge on any atom is -0.495 e. The Bertz CT molecular complexity index is 1270. The molecule has 1 aromatic heterocycles. The van der Waals surface area contributed by atoms with Crippen LogP contribution in [0.5, 0.6) is 5.75 Å². The highest BCUT2D eigenvalue weighted by Crippen LogP contribution is 2.27. The minimum atomic E-state index is -4.09. The van der Waals surface area contributed by atoms with Crippen molar-refractivity contribution in [3.05, 3.63) is 65.4 Å². The van der Waals surface area contributed by atoms with Crippen molar-refractivity contribution in [3.8, 4) is 5.75 Å². The first-order chi connectivity index (χ1) is 15.6. The molecule has 2 N–H and O–H groups in total. The monoisotopic (exact) mass is 473 g/mol. The number of aromatic nitrogens is 1. The van der Waals surface area contributed by atoms with E-state index in [1.54, 1.807) is 31.2 Å². The van der Waals surface area contributed by atoms with Crippen LogP contribution in [0.25, 0.3) is 0 Å². The van der Waals surface area contributed by atoms with Gasteiger partial charge in [-0.15, -0.1) is 0 Å². The van der Waals surface area contributed by atoms with Gasteiger partial charge in [0.2, 0.25) is 0 Å². The molecule has 10 nitrogen and oxygen atoms in total. The zero-order valence-corrected chi connectivity index (χ0v) is 19.2. The Morgan fingerprint density at radius 1 is 1.06 bits per heavy atom. The number of aryl methyl sites for hydroxylation is 2. The average Bonchev–Trinajstić information content (AvgIpc) is 3.19. The molecule has 0 saturated carbocycles. The molecular weight excluding hydrogens is 450 g/mol. The number of carbonyl (C=O) groups excluding carboxylic acids is 2. The van der Waals surface area contributed by atoms with Crippen molar-refractivity contribution < 1.29 is 32.0 Å². The van der Waals surface area contributed by atoms with E-state index in [9.17, 15) is 18.0 Å². The number of sulfonamides is 1. The van der Waals surface area contributed by atoms with Gasteiger partial charge in [0.05, 0.1) is 12.7 Å². The minimum absolute atomic E-state index is 0.0401. The number of nitrogens with one attached hydrogen (secondary N) is 2. The van der Waals surface area contributed by atoms with Crippen molar-refractivity contribution in [3.63, 3.8) is 0 Å². The van der Waals surface area contributed by atoms with Crippen LogP contribution >= 0.6 is 0 Å². The molecule has 11 heteroatoms. The normalized spacial score (nSPS) is 12.0. The van der Waals surface area contributed by atoms with Crippen LogP contribution in [-0.4, -0.2) is 38.7 Å². The number of esters is 1. The highest BCUT2D eigenvalue weighted by atomic mass is 32.2. The van der Waals surface area contributed by atoms with E-state index < -0.39 is 28.0 Å². The summed E-state index contributed by atoms with van der Waals surface area (Å²) in [6.07, 6.45) is -1.18. The summed E-state index contributed by atoms with van der Waals surface area (Å²) in [6.45, 7) is 4.92. The lowest BCUT2D eigenvalue weighted by Crippen LogP contribution is -2.30. The average molecular weight is 474 g/mol. The van der Waals surface area contributed by atoms with Crippen molar-refractivity contribution in [2.24, 2.45) is 0 Å². The third kappa shape index (κ3) is 5.89.